The zero-order valence-corrected chi connectivity index (χ0v) is 19.3. The van der Waals surface area contributed by atoms with E-state index < -0.39 is 23.2 Å². The van der Waals surface area contributed by atoms with Crippen molar-refractivity contribution >= 4 is 5.91 Å². The Bertz CT molecular complexity index is 1200. The number of halogens is 3. The highest BCUT2D eigenvalue weighted by molar-refractivity contribution is 5.93. The molecule has 1 amide bonds. The molecule has 0 radical (unpaired) electrons. The smallest absolute Gasteiger partial charge is 0.348 e. The highest BCUT2D eigenvalue weighted by Gasteiger charge is 2.30. The van der Waals surface area contributed by atoms with E-state index in [4.69, 9.17) is 0 Å². The predicted octanol–water partition coefficient (Wildman–Crippen LogP) is 4.78. The highest BCUT2D eigenvalue weighted by Crippen LogP contribution is 2.29. The first-order valence-electron chi connectivity index (χ1n) is 11.7. The summed E-state index contributed by atoms with van der Waals surface area (Å²) in [5.41, 5.74) is 1.03. The monoisotopic (exact) mass is 483 g/mol. The van der Waals surface area contributed by atoms with Crippen LogP contribution in [0.1, 0.15) is 45.6 Å². The Kier molecular flexibility index (Phi) is 7.70. The van der Waals surface area contributed by atoms with Crippen LogP contribution < -0.4 is 10.9 Å². The number of likely N-dealkylation sites (tertiary alicyclic amines) is 1. The summed E-state index contributed by atoms with van der Waals surface area (Å²) in [4.78, 5) is 30.0. The van der Waals surface area contributed by atoms with Crippen LogP contribution in [0.25, 0.3) is 0 Å². The summed E-state index contributed by atoms with van der Waals surface area (Å²) >= 11 is 0. The van der Waals surface area contributed by atoms with Crippen molar-refractivity contribution in [3.63, 3.8) is 0 Å². The van der Waals surface area contributed by atoms with Crippen molar-refractivity contribution in [2.75, 3.05) is 13.1 Å². The maximum Gasteiger partial charge on any atom is 0.416 e. The number of pyridine rings is 1. The fourth-order valence-corrected chi connectivity index (χ4v) is 4.46. The summed E-state index contributed by atoms with van der Waals surface area (Å²) in [6, 6.07) is 18.4. The molecule has 0 bridgehead atoms. The molecule has 35 heavy (non-hydrogen) atoms. The third-order valence-corrected chi connectivity index (χ3v) is 6.39. The van der Waals surface area contributed by atoms with Crippen molar-refractivity contribution in [1.82, 2.24) is 15.2 Å². The average molecular weight is 484 g/mol. The van der Waals surface area contributed by atoms with Gasteiger partial charge in [-0.3, -0.25) is 14.5 Å². The Morgan fingerprint density at radius 1 is 0.971 bits per heavy atom. The van der Waals surface area contributed by atoms with Crippen molar-refractivity contribution in [2.24, 2.45) is 5.92 Å². The molecular formula is C27H28F3N3O2. The van der Waals surface area contributed by atoms with Gasteiger partial charge in [0.2, 0.25) is 0 Å². The zero-order chi connectivity index (χ0) is 24.8. The number of H-pyrrole nitrogens is 1. The number of aromatic amines is 1. The highest BCUT2D eigenvalue weighted by atomic mass is 19.4. The molecule has 0 atom stereocenters. The Balaban J connectivity index is 1.28. The number of hydrogen-bond donors (Lipinski definition) is 2. The summed E-state index contributed by atoms with van der Waals surface area (Å²) < 4.78 is 38.6. The lowest BCUT2D eigenvalue weighted by Gasteiger charge is -2.32. The van der Waals surface area contributed by atoms with Gasteiger partial charge in [0.25, 0.3) is 11.5 Å². The normalized spacial score (nSPS) is 15.2. The first kappa shape index (κ1) is 24.7. The fraction of sp³-hybridized carbons (Fsp3) is 0.333. The van der Waals surface area contributed by atoms with Crippen molar-refractivity contribution < 1.29 is 18.0 Å². The number of carbonyl (C=O) groups is 1. The number of alkyl halides is 3. The molecule has 1 fully saturated rings. The van der Waals surface area contributed by atoms with E-state index in [-0.39, 0.29) is 12.1 Å². The Labute approximate surface area is 202 Å². The number of amides is 1. The number of nitrogens with zero attached hydrogens (tertiary/aromatic N) is 1. The van der Waals surface area contributed by atoms with Gasteiger partial charge in [0.15, 0.2) is 0 Å². The molecular weight excluding hydrogens is 455 g/mol. The second-order valence-electron chi connectivity index (χ2n) is 9.02. The molecule has 0 unspecified atom stereocenters. The molecule has 1 aliphatic heterocycles. The van der Waals surface area contributed by atoms with E-state index in [0.29, 0.717) is 18.0 Å². The van der Waals surface area contributed by atoms with Crippen molar-refractivity contribution in [3.8, 4) is 0 Å². The van der Waals surface area contributed by atoms with Crippen LogP contribution in [0.5, 0.6) is 0 Å². The van der Waals surface area contributed by atoms with Crippen LogP contribution in [0, 0.1) is 5.92 Å². The van der Waals surface area contributed by atoms with Crippen LogP contribution in [-0.4, -0.2) is 28.9 Å². The molecule has 0 aliphatic carbocycles. The van der Waals surface area contributed by atoms with Crippen molar-refractivity contribution in [3.05, 3.63) is 105 Å². The standard InChI is InChI=1S/C27H28F3N3O2/c28-27(29,30)22-8-4-7-21(16-22)17-31-25(34)24-10-9-23(32-26(24)35)18-33-13-11-20(12-14-33)15-19-5-2-1-3-6-19/h1-10,16,20H,11-15,17-18H2,(H,31,34)(H,32,35). The molecule has 184 valence electrons. The van der Waals surface area contributed by atoms with E-state index in [1.54, 1.807) is 6.07 Å². The van der Waals surface area contributed by atoms with Crippen LogP contribution in [0.3, 0.4) is 0 Å². The molecule has 8 heteroatoms. The Morgan fingerprint density at radius 3 is 2.37 bits per heavy atom. The fourth-order valence-electron chi connectivity index (χ4n) is 4.46. The molecule has 0 saturated carbocycles. The minimum atomic E-state index is -4.45. The first-order chi connectivity index (χ1) is 16.8. The number of carbonyl (C=O) groups excluding carboxylic acids is 1. The van der Waals surface area contributed by atoms with Gasteiger partial charge in [0, 0.05) is 18.8 Å². The van der Waals surface area contributed by atoms with Crippen LogP contribution in [0.2, 0.25) is 0 Å². The van der Waals surface area contributed by atoms with Crippen molar-refractivity contribution in [1.29, 1.82) is 0 Å². The SMILES string of the molecule is O=C(NCc1cccc(C(F)(F)F)c1)c1ccc(CN2CCC(Cc3ccccc3)CC2)[nH]c1=O. The van der Waals surface area contributed by atoms with Gasteiger partial charge in [-0.1, -0.05) is 42.5 Å². The second-order valence-corrected chi connectivity index (χ2v) is 9.02. The van der Waals surface area contributed by atoms with E-state index in [1.165, 1.54) is 23.8 Å². The number of nitrogens with one attached hydrogen (secondary N) is 2. The molecule has 1 aromatic heterocycles. The molecule has 4 rings (SSSR count). The number of piperidine rings is 1. The summed E-state index contributed by atoms with van der Waals surface area (Å²) in [5.74, 6) is 0.0209. The Morgan fingerprint density at radius 2 is 1.69 bits per heavy atom. The predicted molar refractivity (Wildman–Crippen MR) is 128 cm³/mol. The van der Waals surface area contributed by atoms with Gasteiger partial charge in [-0.25, -0.2) is 0 Å². The molecule has 2 aromatic carbocycles. The first-order valence-corrected chi connectivity index (χ1v) is 11.7. The summed E-state index contributed by atoms with van der Waals surface area (Å²) in [7, 11) is 0. The van der Waals surface area contributed by atoms with Crippen LogP contribution >= 0.6 is 0 Å². The van der Waals surface area contributed by atoms with Gasteiger partial charge >= 0.3 is 6.18 Å². The van der Waals surface area contributed by atoms with E-state index in [0.717, 1.165) is 50.2 Å². The number of hydrogen-bond acceptors (Lipinski definition) is 3. The quantitative estimate of drug-likeness (QED) is 0.509. The number of rotatable bonds is 7. The molecule has 0 spiro atoms. The molecule has 2 heterocycles. The lowest BCUT2D eigenvalue weighted by Crippen LogP contribution is -2.35. The third kappa shape index (κ3) is 6.82. The molecule has 5 nitrogen and oxygen atoms in total. The van der Waals surface area contributed by atoms with Gasteiger partial charge in [-0.2, -0.15) is 13.2 Å². The lowest BCUT2D eigenvalue weighted by molar-refractivity contribution is -0.137. The van der Waals surface area contributed by atoms with Crippen LogP contribution in [0.15, 0.2) is 71.5 Å². The molecule has 1 aliphatic rings. The Hall–Kier alpha value is -3.39. The van der Waals surface area contributed by atoms with E-state index in [2.05, 4.69) is 39.5 Å². The molecule has 1 saturated heterocycles. The van der Waals surface area contributed by atoms with E-state index >= 15 is 0 Å². The molecule has 2 N–H and O–H groups in total. The number of aromatic nitrogens is 1. The average Bonchev–Trinajstić information content (AvgIpc) is 2.84. The van der Waals surface area contributed by atoms with Gasteiger partial charge in [-0.15, -0.1) is 0 Å². The lowest BCUT2D eigenvalue weighted by atomic mass is 9.90. The van der Waals surface area contributed by atoms with E-state index in [9.17, 15) is 22.8 Å². The van der Waals surface area contributed by atoms with Crippen LogP contribution in [0.4, 0.5) is 13.2 Å². The maximum absolute atomic E-state index is 12.9. The van der Waals surface area contributed by atoms with Gasteiger partial charge in [0.05, 0.1) is 5.56 Å². The minimum Gasteiger partial charge on any atom is -0.348 e. The maximum atomic E-state index is 12.9. The number of benzene rings is 2. The largest absolute Gasteiger partial charge is 0.416 e. The third-order valence-electron chi connectivity index (χ3n) is 6.39. The topological polar surface area (TPSA) is 65.2 Å². The summed E-state index contributed by atoms with van der Waals surface area (Å²) in [6.07, 6.45) is -1.19. The van der Waals surface area contributed by atoms with Crippen LogP contribution in [-0.2, 0) is 25.7 Å². The summed E-state index contributed by atoms with van der Waals surface area (Å²) in [6.45, 7) is 2.37. The van der Waals surface area contributed by atoms with Gasteiger partial charge in [0.1, 0.15) is 5.56 Å². The van der Waals surface area contributed by atoms with Gasteiger partial charge in [-0.05, 0) is 73.7 Å². The molecule has 3 aromatic rings. The minimum absolute atomic E-state index is 0.0673. The van der Waals surface area contributed by atoms with E-state index in [1.807, 2.05) is 6.07 Å². The zero-order valence-electron chi connectivity index (χ0n) is 19.3. The van der Waals surface area contributed by atoms with Crippen molar-refractivity contribution in [2.45, 2.75) is 38.5 Å². The summed E-state index contributed by atoms with van der Waals surface area (Å²) in [5, 5.41) is 2.52. The second kappa shape index (κ2) is 10.9. The van der Waals surface area contributed by atoms with Gasteiger partial charge < -0.3 is 10.3 Å².